The second-order valence-electron chi connectivity index (χ2n) is 8.13. The third kappa shape index (κ3) is 5.76. The number of nitrogens with zero attached hydrogens (tertiary/aromatic N) is 5. The minimum absolute atomic E-state index is 0.0206. The molecule has 1 amide bonds. The highest BCUT2D eigenvalue weighted by Gasteiger charge is 2.16. The van der Waals surface area contributed by atoms with Gasteiger partial charge in [-0.15, -0.1) is 10.2 Å². The molecule has 2 aromatic heterocycles. The van der Waals surface area contributed by atoms with Crippen LogP contribution in [-0.4, -0.2) is 43.3 Å². The van der Waals surface area contributed by atoms with Gasteiger partial charge in [-0.2, -0.15) is 5.10 Å². The summed E-state index contributed by atoms with van der Waals surface area (Å²) < 4.78 is 4.10. The van der Waals surface area contributed by atoms with Gasteiger partial charge in [-0.1, -0.05) is 43.8 Å². The highest BCUT2D eigenvalue weighted by Crippen LogP contribution is 2.19. The first-order chi connectivity index (χ1) is 14.9. The van der Waals surface area contributed by atoms with Crippen molar-refractivity contribution in [2.24, 2.45) is 5.92 Å². The number of nitrogens with one attached hydrogen (secondary N) is 1. The van der Waals surface area contributed by atoms with Gasteiger partial charge in [0, 0.05) is 30.8 Å². The Bertz CT molecular complexity index is 1010. The highest BCUT2D eigenvalue weighted by molar-refractivity contribution is 7.98. The standard InChI is InChI=1S/C23H32N6OS/c1-16(2)15-28-21(25-26-23(28)31-5)12-9-13-24-22(30)14-20-17(3)27-29(18(20)4)19-10-7-6-8-11-19/h6-8,10-11,16H,9,12-15H2,1-5H3,(H,24,30). The monoisotopic (exact) mass is 440 g/mol. The molecule has 3 aromatic rings. The van der Waals surface area contributed by atoms with E-state index in [-0.39, 0.29) is 5.91 Å². The summed E-state index contributed by atoms with van der Waals surface area (Å²) in [6.07, 6.45) is 3.99. The van der Waals surface area contributed by atoms with E-state index in [4.69, 9.17) is 0 Å². The molecule has 2 heterocycles. The fourth-order valence-corrected chi connectivity index (χ4v) is 4.17. The molecule has 0 saturated carbocycles. The molecular weight excluding hydrogens is 408 g/mol. The lowest BCUT2D eigenvalue weighted by molar-refractivity contribution is -0.120. The van der Waals surface area contributed by atoms with Crippen LogP contribution in [0.25, 0.3) is 5.69 Å². The van der Waals surface area contributed by atoms with Gasteiger partial charge < -0.3 is 9.88 Å². The van der Waals surface area contributed by atoms with Gasteiger partial charge in [0.1, 0.15) is 5.82 Å². The van der Waals surface area contributed by atoms with Crippen molar-refractivity contribution in [3.63, 3.8) is 0 Å². The number of hydrogen-bond acceptors (Lipinski definition) is 5. The molecule has 0 unspecified atom stereocenters. The SMILES string of the molecule is CSc1nnc(CCCNC(=O)Cc2c(C)nn(-c3ccccc3)c2C)n1CC(C)C. The zero-order chi connectivity index (χ0) is 22.4. The van der Waals surface area contributed by atoms with Crippen LogP contribution in [0.3, 0.4) is 0 Å². The molecule has 0 saturated heterocycles. The van der Waals surface area contributed by atoms with E-state index in [1.54, 1.807) is 11.8 Å². The van der Waals surface area contributed by atoms with Crippen LogP contribution in [0.1, 0.15) is 43.0 Å². The molecule has 31 heavy (non-hydrogen) atoms. The number of rotatable bonds is 10. The van der Waals surface area contributed by atoms with E-state index >= 15 is 0 Å². The van der Waals surface area contributed by atoms with Crippen LogP contribution in [-0.2, 0) is 24.2 Å². The van der Waals surface area contributed by atoms with Gasteiger partial charge in [0.05, 0.1) is 17.8 Å². The van der Waals surface area contributed by atoms with Gasteiger partial charge in [0.25, 0.3) is 0 Å². The summed E-state index contributed by atoms with van der Waals surface area (Å²) in [5.41, 5.74) is 3.89. The van der Waals surface area contributed by atoms with Gasteiger partial charge in [0.15, 0.2) is 5.16 Å². The van der Waals surface area contributed by atoms with Gasteiger partial charge in [0.2, 0.25) is 5.91 Å². The van der Waals surface area contributed by atoms with Crippen molar-refractivity contribution in [3.05, 3.63) is 53.1 Å². The second kappa shape index (κ2) is 10.6. The van der Waals surface area contributed by atoms with Crippen molar-refractivity contribution in [2.45, 2.75) is 58.7 Å². The van der Waals surface area contributed by atoms with Crippen molar-refractivity contribution in [3.8, 4) is 5.69 Å². The molecule has 7 nitrogen and oxygen atoms in total. The lowest BCUT2D eigenvalue weighted by Gasteiger charge is -2.12. The number of thioether (sulfide) groups is 1. The number of benzene rings is 1. The van der Waals surface area contributed by atoms with Gasteiger partial charge in [-0.3, -0.25) is 4.79 Å². The Morgan fingerprint density at radius 2 is 1.90 bits per heavy atom. The Hall–Kier alpha value is -2.61. The predicted octanol–water partition coefficient (Wildman–Crippen LogP) is 3.75. The highest BCUT2D eigenvalue weighted by atomic mass is 32.2. The van der Waals surface area contributed by atoms with Crippen LogP contribution in [0.15, 0.2) is 35.5 Å². The molecule has 0 aliphatic heterocycles. The van der Waals surface area contributed by atoms with Crippen molar-refractivity contribution in [2.75, 3.05) is 12.8 Å². The molecule has 0 fully saturated rings. The minimum Gasteiger partial charge on any atom is -0.356 e. The number of amides is 1. The number of para-hydroxylation sites is 1. The second-order valence-corrected chi connectivity index (χ2v) is 8.91. The molecule has 3 rings (SSSR count). The third-order valence-electron chi connectivity index (χ3n) is 5.20. The summed E-state index contributed by atoms with van der Waals surface area (Å²) >= 11 is 1.62. The molecule has 0 aliphatic rings. The van der Waals surface area contributed by atoms with Crippen LogP contribution >= 0.6 is 11.8 Å². The van der Waals surface area contributed by atoms with Crippen LogP contribution in [0.5, 0.6) is 0 Å². The van der Waals surface area contributed by atoms with E-state index in [0.717, 1.165) is 53.0 Å². The van der Waals surface area contributed by atoms with Crippen LogP contribution in [0.4, 0.5) is 0 Å². The molecule has 1 aromatic carbocycles. The smallest absolute Gasteiger partial charge is 0.224 e. The fourth-order valence-electron chi connectivity index (χ4n) is 3.65. The van der Waals surface area contributed by atoms with Crippen molar-refractivity contribution in [1.29, 1.82) is 0 Å². The lowest BCUT2D eigenvalue weighted by atomic mass is 10.1. The molecule has 0 spiro atoms. The maximum Gasteiger partial charge on any atom is 0.224 e. The topological polar surface area (TPSA) is 77.6 Å². The number of hydrogen-bond donors (Lipinski definition) is 1. The van der Waals surface area contributed by atoms with Crippen LogP contribution < -0.4 is 5.32 Å². The Labute approximate surface area is 188 Å². The Balaban J connectivity index is 1.54. The van der Waals surface area contributed by atoms with Crippen molar-refractivity contribution in [1.82, 2.24) is 29.9 Å². The average molecular weight is 441 g/mol. The molecule has 0 radical (unpaired) electrons. The summed E-state index contributed by atoms with van der Waals surface area (Å²) in [7, 11) is 0. The summed E-state index contributed by atoms with van der Waals surface area (Å²) in [5, 5.41) is 17.3. The van der Waals surface area contributed by atoms with Crippen molar-refractivity contribution < 1.29 is 4.79 Å². The summed E-state index contributed by atoms with van der Waals surface area (Å²) in [6.45, 7) is 9.89. The van der Waals surface area contributed by atoms with E-state index in [2.05, 4.69) is 39.0 Å². The largest absolute Gasteiger partial charge is 0.356 e. The van der Waals surface area contributed by atoms with E-state index < -0.39 is 0 Å². The minimum atomic E-state index is 0.0206. The molecule has 166 valence electrons. The first-order valence-electron chi connectivity index (χ1n) is 10.7. The average Bonchev–Trinajstić information content (AvgIpc) is 3.26. The zero-order valence-electron chi connectivity index (χ0n) is 19.1. The molecule has 0 atom stereocenters. The summed E-state index contributed by atoms with van der Waals surface area (Å²) in [6, 6.07) is 9.99. The van der Waals surface area contributed by atoms with E-state index in [1.807, 2.05) is 55.1 Å². The van der Waals surface area contributed by atoms with Crippen LogP contribution in [0.2, 0.25) is 0 Å². The van der Waals surface area contributed by atoms with Crippen LogP contribution in [0, 0.1) is 19.8 Å². The van der Waals surface area contributed by atoms with E-state index in [1.165, 1.54) is 0 Å². The number of aryl methyl sites for hydroxylation is 2. The fraction of sp³-hybridized carbons (Fsp3) is 0.478. The maximum atomic E-state index is 12.6. The van der Waals surface area contributed by atoms with E-state index in [0.29, 0.717) is 18.9 Å². The van der Waals surface area contributed by atoms with Crippen molar-refractivity contribution >= 4 is 17.7 Å². The first-order valence-corrected chi connectivity index (χ1v) is 12.0. The van der Waals surface area contributed by atoms with Gasteiger partial charge in [-0.05, 0) is 44.6 Å². The van der Waals surface area contributed by atoms with E-state index in [9.17, 15) is 4.79 Å². The number of carbonyl (C=O) groups excluding carboxylic acids is 1. The lowest BCUT2D eigenvalue weighted by Crippen LogP contribution is -2.27. The predicted molar refractivity (Wildman–Crippen MR) is 125 cm³/mol. The number of aromatic nitrogens is 5. The molecule has 0 aliphatic carbocycles. The molecule has 0 bridgehead atoms. The Morgan fingerprint density at radius 3 is 2.58 bits per heavy atom. The maximum absolute atomic E-state index is 12.6. The molecular formula is C23H32N6OS. The van der Waals surface area contributed by atoms with Gasteiger partial charge >= 0.3 is 0 Å². The Kier molecular flexibility index (Phi) is 7.90. The van der Waals surface area contributed by atoms with Gasteiger partial charge in [-0.25, -0.2) is 4.68 Å². The quantitative estimate of drug-likeness (QED) is 0.384. The normalized spacial score (nSPS) is 11.3. The Morgan fingerprint density at radius 1 is 1.16 bits per heavy atom. The number of carbonyl (C=O) groups is 1. The summed E-state index contributed by atoms with van der Waals surface area (Å²) in [5.74, 6) is 1.54. The third-order valence-corrected chi connectivity index (χ3v) is 5.87. The summed E-state index contributed by atoms with van der Waals surface area (Å²) in [4.78, 5) is 12.6. The molecule has 1 N–H and O–H groups in total. The molecule has 8 heteroatoms. The zero-order valence-corrected chi connectivity index (χ0v) is 19.9. The first kappa shape index (κ1) is 23.1.